The Morgan fingerprint density at radius 2 is 1.65 bits per heavy atom. The monoisotopic (exact) mass is 368 g/mol. The number of likely N-dealkylation sites (tertiary alicyclic amines) is 1. The Morgan fingerprint density at radius 1 is 1.04 bits per heavy atom. The van der Waals surface area contributed by atoms with E-state index in [9.17, 15) is 9.59 Å². The first-order valence-electron chi connectivity index (χ1n) is 10.3. The SMILES string of the molecule is CC.CCC(=O)N1CCC(CN2CCN(CC(=O)N(C)C)C[C@@H]2C)CC1. The molecule has 6 heteroatoms. The standard InChI is InChI=1S/C18H34N4O2.C2H6/c1-5-17(23)21-8-6-16(7-9-21)13-22-11-10-20(12-15(22)2)14-18(24)19(3)4;1-2/h15-16H,5-14H2,1-4H3;1-2H3/t15-;/m0./s1. The second kappa shape index (κ2) is 11.5. The fraction of sp³-hybridized carbons (Fsp3) is 0.900. The van der Waals surface area contributed by atoms with E-state index in [4.69, 9.17) is 0 Å². The van der Waals surface area contributed by atoms with Crippen LogP contribution in [0.2, 0.25) is 0 Å². The number of hydrogen-bond donors (Lipinski definition) is 0. The van der Waals surface area contributed by atoms with Crippen LogP contribution in [0.25, 0.3) is 0 Å². The molecule has 0 bridgehead atoms. The number of rotatable bonds is 5. The van der Waals surface area contributed by atoms with E-state index < -0.39 is 0 Å². The number of hydrogen-bond acceptors (Lipinski definition) is 4. The molecule has 1 atom stereocenters. The van der Waals surface area contributed by atoms with Gasteiger partial charge in [0.25, 0.3) is 0 Å². The molecule has 2 fully saturated rings. The maximum Gasteiger partial charge on any atom is 0.236 e. The number of piperidine rings is 1. The minimum Gasteiger partial charge on any atom is -0.348 e. The van der Waals surface area contributed by atoms with Crippen LogP contribution < -0.4 is 0 Å². The van der Waals surface area contributed by atoms with Crippen molar-refractivity contribution in [2.75, 3.05) is 59.9 Å². The molecule has 2 amide bonds. The summed E-state index contributed by atoms with van der Waals surface area (Å²) >= 11 is 0. The molecule has 0 saturated carbocycles. The van der Waals surface area contributed by atoms with Crippen LogP contribution in [0.5, 0.6) is 0 Å². The first kappa shape index (κ1) is 22.9. The zero-order valence-corrected chi connectivity index (χ0v) is 17.8. The highest BCUT2D eigenvalue weighted by atomic mass is 16.2. The van der Waals surface area contributed by atoms with Crippen molar-refractivity contribution in [2.45, 2.75) is 53.0 Å². The highest BCUT2D eigenvalue weighted by Gasteiger charge is 2.29. The van der Waals surface area contributed by atoms with Gasteiger partial charge in [-0.25, -0.2) is 0 Å². The van der Waals surface area contributed by atoms with Crippen molar-refractivity contribution in [3.05, 3.63) is 0 Å². The highest BCUT2D eigenvalue weighted by molar-refractivity contribution is 5.77. The van der Waals surface area contributed by atoms with Crippen molar-refractivity contribution in [1.82, 2.24) is 19.6 Å². The van der Waals surface area contributed by atoms with E-state index in [2.05, 4.69) is 16.7 Å². The van der Waals surface area contributed by atoms with E-state index in [-0.39, 0.29) is 5.91 Å². The average Bonchev–Trinajstić information content (AvgIpc) is 2.65. The normalized spacial score (nSPS) is 22.5. The average molecular weight is 369 g/mol. The van der Waals surface area contributed by atoms with E-state index in [0.29, 0.717) is 30.8 Å². The van der Waals surface area contributed by atoms with E-state index in [1.54, 1.807) is 4.90 Å². The molecule has 2 saturated heterocycles. The van der Waals surface area contributed by atoms with Gasteiger partial charge < -0.3 is 9.80 Å². The van der Waals surface area contributed by atoms with Crippen molar-refractivity contribution in [1.29, 1.82) is 0 Å². The summed E-state index contributed by atoms with van der Waals surface area (Å²) in [5.41, 5.74) is 0. The third-order valence-electron chi connectivity index (χ3n) is 5.47. The summed E-state index contributed by atoms with van der Waals surface area (Å²) in [6, 6.07) is 0.490. The largest absolute Gasteiger partial charge is 0.348 e. The molecule has 0 radical (unpaired) electrons. The van der Waals surface area contributed by atoms with Gasteiger partial charge in [0.2, 0.25) is 11.8 Å². The fourth-order valence-electron chi connectivity index (χ4n) is 3.74. The van der Waals surface area contributed by atoms with Gasteiger partial charge in [0, 0.05) is 65.8 Å². The van der Waals surface area contributed by atoms with Gasteiger partial charge in [-0.1, -0.05) is 20.8 Å². The second-order valence-electron chi connectivity index (χ2n) is 7.54. The molecular weight excluding hydrogens is 328 g/mol. The number of likely N-dealkylation sites (N-methyl/N-ethyl adjacent to an activating group) is 1. The summed E-state index contributed by atoms with van der Waals surface area (Å²) in [6.07, 6.45) is 2.87. The molecule has 2 aliphatic heterocycles. The minimum atomic E-state index is 0.184. The fourth-order valence-corrected chi connectivity index (χ4v) is 3.74. The van der Waals surface area contributed by atoms with E-state index in [1.165, 1.54) is 0 Å². The summed E-state index contributed by atoms with van der Waals surface area (Å²) in [7, 11) is 3.63. The number of piperazine rings is 1. The molecule has 0 N–H and O–H groups in total. The van der Waals surface area contributed by atoms with Gasteiger partial charge in [0.1, 0.15) is 0 Å². The van der Waals surface area contributed by atoms with Crippen LogP contribution >= 0.6 is 0 Å². The van der Waals surface area contributed by atoms with E-state index in [0.717, 1.165) is 52.1 Å². The van der Waals surface area contributed by atoms with Crippen LogP contribution in [0.3, 0.4) is 0 Å². The van der Waals surface area contributed by atoms with Crippen molar-refractivity contribution < 1.29 is 9.59 Å². The van der Waals surface area contributed by atoms with Gasteiger partial charge >= 0.3 is 0 Å². The van der Waals surface area contributed by atoms with Crippen LogP contribution in [0.4, 0.5) is 0 Å². The summed E-state index contributed by atoms with van der Waals surface area (Å²) in [6.45, 7) is 14.7. The molecule has 2 rings (SSSR count). The third kappa shape index (κ3) is 6.88. The van der Waals surface area contributed by atoms with Crippen LogP contribution in [-0.2, 0) is 9.59 Å². The van der Waals surface area contributed by atoms with E-state index >= 15 is 0 Å². The lowest BCUT2D eigenvalue weighted by Crippen LogP contribution is -2.55. The lowest BCUT2D eigenvalue weighted by molar-refractivity contribution is -0.133. The molecule has 0 aliphatic carbocycles. The second-order valence-corrected chi connectivity index (χ2v) is 7.54. The minimum absolute atomic E-state index is 0.184. The smallest absolute Gasteiger partial charge is 0.236 e. The van der Waals surface area contributed by atoms with Gasteiger partial charge in [-0.3, -0.25) is 19.4 Å². The molecule has 0 spiro atoms. The summed E-state index contributed by atoms with van der Waals surface area (Å²) < 4.78 is 0. The molecule has 2 aliphatic rings. The number of carbonyl (C=O) groups excluding carboxylic acids is 2. The van der Waals surface area contributed by atoms with Crippen LogP contribution in [-0.4, -0.2) is 97.4 Å². The molecule has 2 heterocycles. The van der Waals surface area contributed by atoms with Gasteiger partial charge in [-0.15, -0.1) is 0 Å². The lowest BCUT2D eigenvalue weighted by atomic mass is 9.95. The van der Waals surface area contributed by atoms with Crippen LogP contribution in [0.15, 0.2) is 0 Å². The predicted molar refractivity (Wildman–Crippen MR) is 107 cm³/mol. The summed E-state index contributed by atoms with van der Waals surface area (Å²) in [5.74, 6) is 1.17. The quantitative estimate of drug-likeness (QED) is 0.742. The number of nitrogens with zero attached hydrogens (tertiary/aromatic N) is 4. The zero-order valence-electron chi connectivity index (χ0n) is 17.8. The van der Waals surface area contributed by atoms with Gasteiger partial charge in [-0.2, -0.15) is 0 Å². The Balaban J connectivity index is 0.00000163. The van der Waals surface area contributed by atoms with Crippen LogP contribution in [0.1, 0.15) is 47.0 Å². The lowest BCUT2D eigenvalue weighted by Gasteiger charge is -2.42. The molecule has 0 aromatic rings. The number of carbonyl (C=O) groups is 2. The molecule has 26 heavy (non-hydrogen) atoms. The van der Waals surface area contributed by atoms with Crippen molar-refractivity contribution in [2.24, 2.45) is 5.92 Å². The first-order chi connectivity index (χ1) is 12.4. The van der Waals surface area contributed by atoms with E-state index in [1.807, 2.05) is 39.8 Å². The molecule has 152 valence electrons. The molecule has 6 nitrogen and oxygen atoms in total. The van der Waals surface area contributed by atoms with Crippen molar-refractivity contribution >= 4 is 11.8 Å². The molecule has 0 unspecified atom stereocenters. The summed E-state index contributed by atoms with van der Waals surface area (Å²) in [4.78, 5) is 32.2. The third-order valence-corrected chi connectivity index (χ3v) is 5.47. The zero-order chi connectivity index (χ0) is 19.7. The molecule has 0 aromatic heterocycles. The predicted octanol–water partition coefficient (Wildman–Crippen LogP) is 1.76. The van der Waals surface area contributed by atoms with Gasteiger partial charge in [0.15, 0.2) is 0 Å². The van der Waals surface area contributed by atoms with Gasteiger partial charge in [0.05, 0.1) is 6.54 Å². The first-order valence-corrected chi connectivity index (χ1v) is 10.3. The number of amides is 2. The maximum atomic E-state index is 11.9. The highest BCUT2D eigenvalue weighted by Crippen LogP contribution is 2.21. The Kier molecular flexibility index (Phi) is 10.2. The Hall–Kier alpha value is -1.14. The van der Waals surface area contributed by atoms with Crippen LogP contribution in [0, 0.1) is 5.92 Å². The Morgan fingerprint density at radius 3 is 2.15 bits per heavy atom. The topological polar surface area (TPSA) is 47.1 Å². The molecule has 0 aromatic carbocycles. The van der Waals surface area contributed by atoms with Crippen molar-refractivity contribution in [3.8, 4) is 0 Å². The summed E-state index contributed by atoms with van der Waals surface area (Å²) in [5, 5.41) is 0. The Bertz CT molecular complexity index is 434. The van der Waals surface area contributed by atoms with Gasteiger partial charge in [-0.05, 0) is 25.7 Å². The molecular formula is C20H40N4O2. The van der Waals surface area contributed by atoms with Crippen molar-refractivity contribution in [3.63, 3.8) is 0 Å². The maximum absolute atomic E-state index is 11.9. The Labute approximate surface area is 160 Å².